The normalized spacial score (nSPS) is 12.3. The van der Waals surface area contributed by atoms with Crippen molar-refractivity contribution >= 4 is 40.5 Å². The summed E-state index contributed by atoms with van der Waals surface area (Å²) in [4.78, 5) is 18.0. The molecule has 4 aromatic carbocycles. The van der Waals surface area contributed by atoms with Gasteiger partial charge in [0.05, 0.1) is 17.0 Å². The van der Waals surface area contributed by atoms with Gasteiger partial charge in [0.25, 0.3) is 0 Å². The van der Waals surface area contributed by atoms with Gasteiger partial charge in [0.2, 0.25) is 0 Å². The number of furan rings is 2. The summed E-state index contributed by atoms with van der Waals surface area (Å²) in [6.45, 7) is 25.9. The molecule has 0 unspecified atom stereocenters. The molecule has 12 rings (SSSR count). The van der Waals surface area contributed by atoms with Crippen molar-refractivity contribution in [3.8, 4) is 45.0 Å². The van der Waals surface area contributed by atoms with E-state index in [1.807, 2.05) is 43.0 Å². The topological polar surface area (TPSA) is 176 Å². The Morgan fingerprint density at radius 1 is 0.516 bits per heavy atom. The average Bonchev–Trinajstić information content (AvgIpc) is 1.74. The van der Waals surface area contributed by atoms with Crippen molar-refractivity contribution in [1.29, 1.82) is 0 Å². The summed E-state index contributed by atoms with van der Waals surface area (Å²) >= 11 is 0. The summed E-state index contributed by atoms with van der Waals surface area (Å²) < 4.78 is 71.4. The number of hydrogen-bond donors (Lipinski definition) is 2. The number of pyridine rings is 4. The molecule has 10 aromatic rings. The minimum atomic E-state index is -6.09. The Morgan fingerprint density at radius 3 is 1.35 bits per heavy atom. The van der Waals surface area contributed by atoms with Crippen LogP contribution in [0.1, 0.15) is 134 Å². The van der Waals surface area contributed by atoms with Crippen LogP contribution in [0.25, 0.3) is 67.0 Å². The molecule has 0 amide bonds. The van der Waals surface area contributed by atoms with Gasteiger partial charge in [-0.15, -0.1) is 89.0 Å². The maximum absolute atomic E-state index is 10.7. The average molecular weight is 1610 g/mol. The van der Waals surface area contributed by atoms with E-state index in [1.165, 1.54) is 104 Å². The summed E-state index contributed by atoms with van der Waals surface area (Å²) in [5, 5.41) is 16.5. The first-order valence-corrected chi connectivity index (χ1v) is 30.7. The smallest absolute Gasteiger partial charge is 0.485 e. The molecule has 0 saturated carbocycles. The molecule has 6 aromatic heterocycles. The van der Waals surface area contributed by atoms with Gasteiger partial charge in [-0.3, -0.25) is 4.98 Å². The Balaban J connectivity index is 0.000000301. The van der Waals surface area contributed by atoms with E-state index in [0.717, 1.165) is 96.1 Å². The second-order valence-corrected chi connectivity index (χ2v) is 25.2. The number of halogens is 3. The van der Waals surface area contributed by atoms with Gasteiger partial charge in [0.15, 0.2) is 10.1 Å². The number of hydrogen-bond acceptors (Lipinski definition) is 11. The Labute approximate surface area is 565 Å². The Kier molecular flexibility index (Phi) is 30.3. The van der Waals surface area contributed by atoms with E-state index in [2.05, 4.69) is 206 Å². The molecule has 0 aliphatic heterocycles. The van der Waals surface area contributed by atoms with Crippen LogP contribution in [-0.2, 0) is 86.8 Å². The van der Waals surface area contributed by atoms with Crippen molar-refractivity contribution in [2.24, 2.45) is 0 Å². The Hall–Kier alpha value is -6.46. The molecule has 6 heterocycles. The fraction of sp³-hybridized carbons (Fsp3) is 0.342. The molecule has 0 fully saturated rings. The zero-order valence-corrected chi connectivity index (χ0v) is 59.9. The summed E-state index contributed by atoms with van der Waals surface area (Å²) in [5.74, 6) is 2.35. The van der Waals surface area contributed by atoms with Crippen LogP contribution in [0.3, 0.4) is 0 Å². The second kappa shape index (κ2) is 35.0. The molecule has 91 heavy (non-hydrogen) atoms. The minimum absolute atomic E-state index is 0. The molecule has 0 saturated heterocycles. The van der Waals surface area contributed by atoms with Crippen molar-refractivity contribution in [2.45, 2.75) is 151 Å². The number of rotatable bonds is 4. The number of benzene rings is 4. The monoisotopic (exact) mass is 1610 g/mol. The first kappa shape index (κ1) is 78.8. The van der Waals surface area contributed by atoms with Gasteiger partial charge >= 0.3 is 5.51 Å². The number of aliphatic hydroxyl groups is 2. The van der Waals surface area contributed by atoms with Crippen LogP contribution >= 0.6 is 0 Å². The molecular formula is C73H81BF3Ir2N4O7S-4. The standard InChI is InChI=1S/C21H23NO.C21H22NO.2C14H14N.CHF3O3S.2CH4O.B.2Ir/c2*1-21(2,3)14-11-12-22-18(13-14)17-9-6-8-16-15-7-4-5-10-19(15)23-20(16)17;2*1-10-4-6-13(7-5-10)14-8-11(2)12(3)9-15-14;2-1(3,4)8(5,6)7;2*1-2;;;/h6,8-9,11-13H,4-5,7,10H2,1-3H3;6,8,11-13H,4-5,7,10H2,1-3H3;2*4-6,8-9H,1-3H3;(H,5,6,7);2*2H,1H3;;;/q;3*-1;;;;;;/p-1. The van der Waals surface area contributed by atoms with Gasteiger partial charge < -0.3 is 38.6 Å². The largest absolute Gasteiger partial charge is 0.741 e. The van der Waals surface area contributed by atoms with Crippen LogP contribution in [0.15, 0.2) is 137 Å². The summed E-state index contributed by atoms with van der Waals surface area (Å²) in [5.41, 5.74) is 17.6. The number of aromatic nitrogens is 4. The zero-order valence-electron chi connectivity index (χ0n) is 54.3. The van der Waals surface area contributed by atoms with Gasteiger partial charge in [-0.1, -0.05) is 108 Å². The van der Waals surface area contributed by atoms with E-state index in [0.29, 0.717) is 0 Å². The third-order valence-corrected chi connectivity index (χ3v) is 15.8. The van der Waals surface area contributed by atoms with Gasteiger partial charge in [-0.2, -0.15) is 13.2 Å². The van der Waals surface area contributed by atoms with Crippen LogP contribution < -0.4 is 0 Å². The third kappa shape index (κ3) is 21.0. The molecule has 11 nitrogen and oxygen atoms in total. The summed E-state index contributed by atoms with van der Waals surface area (Å²) in [6, 6.07) is 45.5. The fourth-order valence-corrected chi connectivity index (χ4v) is 9.85. The Bertz CT molecular complexity index is 3810. The summed E-state index contributed by atoms with van der Waals surface area (Å²) in [7, 11) is -4.09. The number of alkyl halides is 3. The number of para-hydroxylation sites is 1. The number of aliphatic hydroxyl groups excluding tert-OH is 2. The molecule has 0 atom stereocenters. The van der Waals surface area contributed by atoms with E-state index in [1.54, 1.807) is 0 Å². The molecule has 2 N–H and O–H groups in total. The molecule has 5 radical (unpaired) electrons. The van der Waals surface area contributed by atoms with Crippen LogP contribution in [-0.4, -0.2) is 71.3 Å². The quantitative estimate of drug-likeness (QED) is 0.0742. The zero-order chi connectivity index (χ0) is 64.7. The van der Waals surface area contributed by atoms with E-state index in [9.17, 15) is 13.2 Å². The fourth-order valence-electron chi connectivity index (χ4n) is 9.85. The molecule has 0 spiro atoms. The molecule has 0 bridgehead atoms. The predicted octanol–water partition coefficient (Wildman–Crippen LogP) is 17.0. The van der Waals surface area contributed by atoms with Crippen molar-refractivity contribution in [3.63, 3.8) is 0 Å². The van der Waals surface area contributed by atoms with Crippen LogP contribution in [0.4, 0.5) is 13.2 Å². The van der Waals surface area contributed by atoms with E-state index < -0.39 is 15.6 Å². The molecular weight excluding hydrogens is 1530 g/mol. The number of nitrogens with zero attached hydrogens (tertiary/aromatic N) is 4. The first-order valence-electron chi connectivity index (χ1n) is 29.3. The molecule has 2 aliphatic rings. The Morgan fingerprint density at radius 2 is 0.934 bits per heavy atom. The first-order chi connectivity index (χ1) is 41.7. The number of aryl methyl sites for hydroxylation is 10. The maximum atomic E-state index is 10.7. The van der Waals surface area contributed by atoms with E-state index in [4.69, 9.17) is 32.0 Å². The van der Waals surface area contributed by atoms with Crippen LogP contribution in [0.2, 0.25) is 0 Å². The van der Waals surface area contributed by atoms with Crippen LogP contribution in [0.5, 0.6) is 0 Å². The van der Waals surface area contributed by atoms with Crippen molar-refractivity contribution in [2.75, 3.05) is 14.2 Å². The van der Waals surface area contributed by atoms with Crippen molar-refractivity contribution in [3.05, 3.63) is 213 Å². The van der Waals surface area contributed by atoms with Crippen molar-refractivity contribution in [1.82, 2.24) is 19.9 Å². The van der Waals surface area contributed by atoms with Gasteiger partial charge in [0.1, 0.15) is 11.3 Å². The van der Waals surface area contributed by atoms with Gasteiger partial charge in [-0.25, -0.2) is 8.42 Å². The summed E-state index contributed by atoms with van der Waals surface area (Å²) in [6.07, 6.45) is 17.0. The van der Waals surface area contributed by atoms with Gasteiger partial charge in [-0.05, 0) is 146 Å². The predicted molar refractivity (Wildman–Crippen MR) is 352 cm³/mol. The minimum Gasteiger partial charge on any atom is -0.741 e. The molecule has 487 valence electrons. The second-order valence-electron chi connectivity index (χ2n) is 23.8. The number of fused-ring (bicyclic) bond motifs is 6. The third-order valence-electron chi connectivity index (χ3n) is 15.2. The SMILES string of the molecule is CC(C)(C)c1ccnc(-c2[c-]ccc3c4c(oc23)CCCC4)c1.CC(C)(C)c1ccnc(-c2cccc3c4c(oc23)CCCC4)c1.CO.CO.Cc1c[c-]c(-c2cc(C)c(C)cn2)cc1.Cc1c[c-]c(-c2cc(C)c(C)cn2)cc1.O=S(=O)([O-])C(F)(F)F.[B].[Ir].[Ir]. The van der Waals surface area contributed by atoms with Crippen molar-refractivity contribution < 1.29 is 85.4 Å². The van der Waals surface area contributed by atoms with Gasteiger partial charge in [0, 0.05) is 117 Å². The molecule has 2 aliphatic carbocycles. The molecule has 18 heteroatoms. The van der Waals surface area contributed by atoms with E-state index >= 15 is 0 Å². The van der Waals surface area contributed by atoms with E-state index in [-0.39, 0.29) is 59.5 Å². The van der Waals surface area contributed by atoms with Crippen LogP contribution in [0, 0.1) is 59.7 Å². The maximum Gasteiger partial charge on any atom is 0.485 e.